The zero-order valence-electron chi connectivity index (χ0n) is 15.7. The third kappa shape index (κ3) is 2.63. The summed E-state index contributed by atoms with van der Waals surface area (Å²) in [6.07, 6.45) is 5.53. The summed E-state index contributed by atoms with van der Waals surface area (Å²) in [5.74, 6) is -0.0688. The first kappa shape index (κ1) is 16.8. The molecule has 7 nitrogen and oxygen atoms in total. The predicted octanol–water partition coefficient (Wildman–Crippen LogP) is 2.65. The molecule has 1 aliphatic heterocycles. The molecule has 0 N–H and O–H groups in total. The monoisotopic (exact) mass is 373 g/mol. The van der Waals surface area contributed by atoms with Crippen LogP contribution < -0.4 is 0 Å². The van der Waals surface area contributed by atoms with E-state index in [1.165, 1.54) is 0 Å². The average molecular weight is 373 g/mol. The summed E-state index contributed by atoms with van der Waals surface area (Å²) in [6, 6.07) is 9.82. The first-order valence-electron chi connectivity index (χ1n) is 9.13. The standard InChI is InChI=1S/C21H19N5O2/c1-25-19-6-4-13(7-15(19)9-23-25)17-10-22-8-14-3-5-18(24-20(14)17)21(27)26-11-16(12-26)28-2/h3-10,16H,11-12H2,1-2H3. The van der Waals surface area contributed by atoms with Crippen LogP contribution in [0.1, 0.15) is 10.5 Å². The number of fused-ring (bicyclic) bond motifs is 2. The van der Waals surface area contributed by atoms with Crippen molar-refractivity contribution >= 4 is 27.7 Å². The lowest BCUT2D eigenvalue weighted by Crippen LogP contribution is -2.54. The van der Waals surface area contributed by atoms with E-state index in [4.69, 9.17) is 9.72 Å². The molecule has 4 aromatic rings. The molecule has 1 saturated heterocycles. The molecule has 0 unspecified atom stereocenters. The van der Waals surface area contributed by atoms with Crippen molar-refractivity contribution in [1.82, 2.24) is 24.6 Å². The van der Waals surface area contributed by atoms with Crippen LogP contribution in [0.3, 0.4) is 0 Å². The number of aromatic nitrogens is 4. The molecular weight excluding hydrogens is 354 g/mol. The molecule has 0 radical (unpaired) electrons. The van der Waals surface area contributed by atoms with E-state index in [-0.39, 0.29) is 12.0 Å². The molecular formula is C21H19N5O2. The van der Waals surface area contributed by atoms with E-state index in [9.17, 15) is 4.79 Å². The highest BCUT2D eigenvalue weighted by Gasteiger charge is 2.31. The summed E-state index contributed by atoms with van der Waals surface area (Å²) in [5, 5.41) is 6.26. The Kier molecular flexibility index (Phi) is 3.84. The van der Waals surface area contributed by atoms with Crippen molar-refractivity contribution in [1.29, 1.82) is 0 Å². The second kappa shape index (κ2) is 6.38. The van der Waals surface area contributed by atoms with Crippen LogP contribution in [-0.2, 0) is 11.8 Å². The van der Waals surface area contributed by atoms with Crippen molar-refractivity contribution in [2.24, 2.45) is 7.05 Å². The summed E-state index contributed by atoms with van der Waals surface area (Å²) >= 11 is 0. The van der Waals surface area contributed by atoms with Crippen LogP contribution in [0.4, 0.5) is 0 Å². The number of aryl methyl sites for hydroxylation is 1. The van der Waals surface area contributed by atoms with E-state index < -0.39 is 0 Å². The van der Waals surface area contributed by atoms with E-state index in [1.54, 1.807) is 30.5 Å². The fraction of sp³-hybridized carbons (Fsp3) is 0.238. The van der Waals surface area contributed by atoms with Crippen LogP contribution in [0.2, 0.25) is 0 Å². The second-order valence-corrected chi connectivity index (χ2v) is 7.06. The minimum atomic E-state index is -0.0688. The number of methoxy groups -OCH3 is 1. The molecule has 5 rings (SSSR count). The van der Waals surface area contributed by atoms with Crippen LogP contribution in [-0.4, -0.2) is 56.9 Å². The van der Waals surface area contributed by atoms with Crippen LogP contribution in [0.5, 0.6) is 0 Å². The van der Waals surface area contributed by atoms with Gasteiger partial charge >= 0.3 is 0 Å². The maximum Gasteiger partial charge on any atom is 0.272 e. The molecule has 1 aliphatic rings. The van der Waals surface area contributed by atoms with Gasteiger partial charge in [0.15, 0.2) is 0 Å². The van der Waals surface area contributed by atoms with E-state index >= 15 is 0 Å². The Hall–Kier alpha value is -3.32. The van der Waals surface area contributed by atoms with Gasteiger partial charge in [-0.1, -0.05) is 6.07 Å². The van der Waals surface area contributed by atoms with Crippen molar-refractivity contribution in [3.05, 3.63) is 54.6 Å². The molecule has 1 fully saturated rings. The van der Waals surface area contributed by atoms with Crippen molar-refractivity contribution in [3.63, 3.8) is 0 Å². The van der Waals surface area contributed by atoms with Crippen molar-refractivity contribution in [2.45, 2.75) is 6.10 Å². The first-order valence-corrected chi connectivity index (χ1v) is 9.13. The smallest absolute Gasteiger partial charge is 0.272 e. The van der Waals surface area contributed by atoms with Crippen molar-refractivity contribution in [3.8, 4) is 11.1 Å². The maximum absolute atomic E-state index is 12.7. The second-order valence-electron chi connectivity index (χ2n) is 7.06. The van der Waals surface area contributed by atoms with Crippen LogP contribution in [0.25, 0.3) is 32.9 Å². The normalized spacial score (nSPS) is 14.6. The number of carbonyl (C=O) groups excluding carboxylic acids is 1. The van der Waals surface area contributed by atoms with Gasteiger partial charge in [0.1, 0.15) is 5.69 Å². The number of amides is 1. The van der Waals surface area contributed by atoms with Gasteiger partial charge in [0, 0.05) is 56.0 Å². The summed E-state index contributed by atoms with van der Waals surface area (Å²) < 4.78 is 7.10. The Labute approximate surface area is 161 Å². The Bertz CT molecular complexity index is 1210. The number of pyridine rings is 2. The van der Waals surface area contributed by atoms with Gasteiger partial charge < -0.3 is 9.64 Å². The van der Waals surface area contributed by atoms with Gasteiger partial charge in [-0.2, -0.15) is 5.10 Å². The van der Waals surface area contributed by atoms with Gasteiger partial charge in [0.25, 0.3) is 5.91 Å². The Balaban J connectivity index is 1.57. The van der Waals surface area contributed by atoms with Gasteiger partial charge in [0.05, 0.1) is 23.3 Å². The number of carbonyl (C=O) groups is 1. The molecule has 1 aromatic carbocycles. The molecule has 0 saturated carbocycles. The maximum atomic E-state index is 12.7. The third-order valence-electron chi connectivity index (χ3n) is 5.34. The fourth-order valence-corrected chi connectivity index (χ4v) is 3.62. The minimum absolute atomic E-state index is 0.0688. The highest BCUT2D eigenvalue weighted by molar-refractivity contribution is 5.99. The summed E-state index contributed by atoms with van der Waals surface area (Å²) in [7, 11) is 3.59. The molecule has 0 atom stereocenters. The molecule has 3 aromatic heterocycles. The highest BCUT2D eigenvalue weighted by Crippen LogP contribution is 2.29. The number of rotatable bonds is 3. The minimum Gasteiger partial charge on any atom is -0.378 e. The topological polar surface area (TPSA) is 73.1 Å². The lowest BCUT2D eigenvalue weighted by molar-refractivity contribution is -0.0194. The van der Waals surface area contributed by atoms with Gasteiger partial charge in [-0.25, -0.2) is 4.98 Å². The number of hydrogen-bond acceptors (Lipinski definition) is 5. The molecule has 4 heterocycles. The lowest BCUT2D eigenvalue weighted by Gasteiger charge is -2.37. The van der Waals surface area contributed by atoms with Gasteiger partial charge in [-0.3, -0.25) is 14.5 Å². The quantitative estimate of drug-likeness (QED) is 0.552. The summed E-state index contributed by atoms with van der Waals surface area (Å²) in [4.78, 5) is 23.6. The van der Waals surface area contributed by atoms with E-state index in [0.717, 1.165) is 32.9 Å². The lowest BCUT2D eigenvalue weighted by atomic mass is 10.0. The zero-order chi connectivity index (χ0) is 19.3. The average Bonchev–Trinajstić information content (AvgIpc) is 3.06. The van der Waals surface area contributed by atoms with E-state index in [0.29, 0.717) is 18.8 Å². The van der Waals surface area contributed by atoms with Crippen molar-refractivity contribution in [2.75, 3.05) is 20.2 Å². The van der Waals surface area contributed by atoms with Crippen LogP contribution >= 0.6 is 0 Å². The largest absolute Gasteiger partial charge is 0.378 e. The Morgan fingerprint density at radius 3 is 2.79 bits per heavy atom. The number of likely N-dealkylation sites (tertiary alicyclic amines) is 1. The fourth-order valence-electron chi connectivity index (χ4n) is 3.62. The molecule has 0 bridgehead atoms. The van der Waals surface area contributed by atoms with Gasteiger partial charge in [-0.05, 0) is 29.8 Å². The highest BCUT2D eigenvalue weighted by atomic mass is 16.5. The molecule has 0 spiro atoms. The molecule has 0 aliphatic carbocycles. The first-order chi connectivity index (χ1) is 13.6. The number of ether oxygens (including phenoxy) is 1. The molecule has 7 heteroatoms. The van der Waals surface area contributed by atoms with E-state index in [2.05, 4.69) is 16.1 Å². The third-order valence-corrected chi connectivity index (χ3v) is 5.34. The molecule has 1 amide bonds. The van der Waals surface area contributed by atoms with Crippen LogP contribution in [0, 0.1) is 0 Å². The van der Waals surface area contributed by atoms with Crippen molar-refractivity contribution < 1.29 is 9.53 Å². The Morgan fingerprint density at radius 2 is 1.96 bits per heavy atom. The number of benzene rings is 1. The molecule has 28 heavy (non-hydrogen) atoms. The number of nitrogens with zero attached hydrogens (tertiary/aromatic N) is 5. The summed E-state index contributed by atoms with van der Waals surface area (Å²) in [5.41, 5.74) is 4.17. The Morgan fingerprint density at radius 1 is 1.11 bits per heavy atom. The SMILES string of the molecule is COC1CN(C(=O)c2ccc3cncc(-c4ccc5c(cnn5C)c4)c3n2)C1. The zero-order valence-corrected chi connectivity index (χ0v) is 15.7. The predicted molar refractivity (Wildman–Crippen MR) is 106 cm³/mol. The van der Waals surface area contributed by atoms with Gasteiger partial charge in [-0.15, -0.1) is 0 Å². The van der Waals surface area contributed by atoms with E-state index in [1.807, 2.05) is 36.1 Å². The molecule has 140 valence electrons. The van der Waals surface area contributed by atoms with Crippen LogP contribution in [0.15, 0.2) is 48.9 Å². The number of hydrogen-bond donors (Lipinski definition) is 0. The summed E-state index contributed by atoms with van der Waals surface area (Å²) in [6.45, 7) is 1.21. The van der Waals surface area contributed by atoms with Gasteiger partial charge in [0.2, 0.25) is 0 Å².